The molecular weight excluding hydrogens is 833 g/mol. The van der Waals surface area contributed by atoms with Gasteiger partial charge in [-0.1, -0.05) is 188 Å². The van der Waals surface area contributed by atoms with Crippen LogP contribution in [0, 0.1) is 0 Å². The number of hydrogen-bond acceptors (Lipinski definition) is 6. The van der Waals surface area contributed by atoms with Gasteiger partial charge in [0.05, 0.1) is 0 Å². The molecule has 0 bridgehead atoms. The smallest absolute Gasteiger partial charge is 0.180 e. The molecule has 13 aromatic rings. The summed E-state index contributed by atoms with van der Waals surface area (Å²) in [5, 5.41) is 1.91. The first kappa shape index (κ1) is 39.1. The lowest BCUT2D eigenvalue weighted by molar-refractivity contribution is 0.667. The molecule has 318 valence electrons. The van der Waals surface area contributed by atoms with Gasteiger partial charge in [-0.25, -0.2) is 19.9 Å². The van der Waals surface area contributed by atoms with Crippen LogP contribution in [0.2, 0.25) is 0 Å². The molecule has 4 heterocycles. The van der Waals surface area contributed by atoms with Gasteiger partial charge in [0.15, 0.2) is 22.8 Å². The fourth-order valence-electron chi connectivity index (χ4n) is 9.29. The van der Waals surface area contributed by atoms with Crippen molar-refractivity contribution in [1.82, 2.24) is 19.9 Å². The highest BCUT2D eigenvalue weighted by Crippen LogP contribution is 2.40. The highest BCUT2D eigenvalue weighted by Gasteiger charge is 2.21. The third-order valence-corrected chi connectivity index (χ3v) is 12.7. The quantitative estimate of drug-likeness (QED) is 0.151. The van der Waals surface area contributed by atoms with Gasteiger partial charge < -0.3 is 8.83 Å². The Hall–Kier alpha value is -9.26. The molecule has 6 nitrogen and oxygen atoms in total. The van der Waals surface area contributed by atoms with E-state index in [4.69, 9.17) is 28.8 Å². The predicted octanol–water partition coefficient (Wildman–Crippen LogP) is 16.4. The molecule has 0 unspecified atom stereocenters. The molecule has 0 N–H and O–H groups in total. The maximum Gasteiger partial charge on any atom is 0.180 e. The fraction of sp³-hybridized carbons (Fsp3) is 0. The minimum absolute atomic E-state index is 0.630. The molecule has 9 aromatic carbocycles. The number of aromatic nitrogens is 4. The van der Waals surface area contributed by atoms with Crippen LogP contribution in [0.5, 0.6) is 0 Å². The van der Waals surface area contributed by atoms with Crippen molar-refractivity contribution in [3.63, 3.8) is 0 Å². The van der Waals surface area contributed by atoms with Crippen molar-refractivity contribution in [1.29, 1.82) is 0 Å². The van der Waals surface area contributed by atoms with E-state index in [0.717, 1.165) is 111 Å². The molecule has 0 spiro atoms. The summed E-state index contributed by atoms with van der Waals surface area (Å²) in [6, 6.07) is 79.5. The summed E-state index contributed by atoms with van der Waals surface area (Å²) in [5.41, 5.74) is 18.6. The lowest BCUT2D eigenvalue weighted by atomic mass is 9.96. The number of hydrogen-bond donors (Lipinski definition) is 0. The second kappa shape index (κ2) is 16.3. The number of rotatable bonds is 8. The maximum atomic E-state index is 6.53. The van der Waals surface area contributed by atoms with E-state index in [1.807, 2.05) is 48.5 Å². The van der Waals surface area contributed by atoms with Crippen LogP contribution in [0.15, 0.2) is 239 Å². The van der Waals surface area contributed by atoms with Crippen LogP contribution < -0.4 is 0 Å². The maximum absolute atomic E-state index is 6.53. The molecule has 0 aliphatic carbocycles. The topological polar surface area (TPSA) is 77.8 Å². The van der Waals surface area contributed by atoms with Gasteiger partial charge in [0.2, 0.25) is 0 Å². The zero-order chi connectivity index (χ0) is 45.0. The molecule has 4 aromatic heterocycles. The predicted molar refractivity (Wildman–Crippen MR) is 276 cm³/mol. The zero-order valence-corrected chi connectivity index (χ0v) is 36.5. The Labute approximate surface area is 391 Å². The first-order chi connectivity index (χ1) is 33.7. The summed E-state index contributed by atoms with van der Waals surface area (Å²) in [7, 11) is 0. The summed E-state index contributed by atoms with van der Waals surface area (Å²) >= 11 is 0. The lowest BCUT2D eigenvalue weighted by Crippen LogP contribution is -1.94. The number of furan rings is 2. The van der Waals surface area contributed by atoms with E-state index in [0.29, 0.717) is 22.8 Å². The monoisotopic (exact) mass is 870 g/mol. The van der Waals surface area contributed by atoms with E-state index in [-0.39, 0.29) is 0 Å². The standard InChI is InChI=1S/C62H38N4O2/c1-3-14-39(15-4-1)41-28-32-43(33-29-41)55-59-57(51-24-7-9-26-53(51)67-59)66-62(63-55)50-23-13-21-48(38-50)46-19-11-18-45(36-46)47-20-12-22-49(37-47)56-60-58(52-25-8-10-27-54(52)68-60)65-61(64-56)44-34-30-42(31-35-44)40-16-5-2-6-17-40/h1-38H. The molecule has 0 atom stereocenters. The Balaban J connectivity index is 0.869. The van der Waals surface area contributed by atoms with Crippen LogP contribution in [-0.4, -0.2) is 19.9 Å². The van der Waals surface area contributed by atoms with Gasteiger partial charge in [-0.2, -0.15) is 0 Å². The summed E-state index contributed by atoms with van der Waals surface area (Å²) in [6.45, 7) is 0. The van der Waals surface area contributed by atoms with Crippen LogP contribution in [0.25, 0.3) is 134 Å². The van der Waals surface area contributed by atoms with Gasteiger partial charge in [-0.05, 0) is 87.0 Å². The van der Waals surface area contributed by atoms with Crippen molar-refractivity contribution in [2.24, 2.45) is 0 Å². The van der Waals surface area contributed by atoms with Gasteiger partial charge in [0.25, 0.3) is 0 Å². The van der Waals surface area contributed by atoms with E-state index in [1.54, 1.807) is 0 Å². The average Bonchev–Trinajstić information content (AvgIpc) is 4.00. The number of benzene rings is 9. The molecule has 6 heteroatoms. The van der Waals surface area contributed by atoms with Crippen molar-refractivity contribution >= 4 is 44.1 Å². The van der Waals surface area contributed by atoms with Gasteiger partial charge in [-0.15, -0.1) is 0 Å². The minimum atomic E-state index is 0.630. The van der Waals surface area contributed by atoms with Gasteiger partial charge >= 0.3 is 0 Å². The molecule has 0 saturated carbocycles. The Kier molecular flexibility index (Phi) is 9.39. The summed E-state index contributed by atoms with van der Waals surface area (Å²) < 4.78 is 13.0. The minimum Gasteiger partial charge on any atom is -0.452 e. The highest BCUT2D eigenvalue weighted by molar-refractivity contribution is 6.08. The lowest BCUT2D eigenvalue weighted by Gasteiger charge is -2.11. The molecule has 0 aliphatic rings. The summed E-state index contributed by atoms with van der Waals surface area (Å²) in [4.78, 5) is 20.8. The fourth-order valence-corrected chi connectivity index (χ4v) is 9.29. The van der Waals surface area contributed by atoms with Crippen molar-refractivity contribution in [3.05, 3.63) is 231 Å². The van der Waals surface area contributed by atoms with Gasteiger partial charge in [0, 0.05) is 33.0 Å². The number of para-hydroxylation sites is 2. The van der Waals surface area contributed by atoms with Gasteiger partial charge in [0.1, 0.15) is 33.6 Å². The van der Waals surface area contributed by atoms with Crippen LogP contribution in [-0.2, 0) is 0 Å². The first-order valence-electron chi connectivity index (χ1n) is 22.7. The Morgan fingerprint density at radius 3 is 1.09 bits per heavy atom. The number of fused-ring (bicyclic) bond motifs is 6. The molecule has 0 radical (unpaired) electrons. The molecule has 0 fully saturated rings. The molecule has 0 saturated heterocycles. The summed E-state index contributed by atoms with van der Waals surface area (Å²) in [6.07, 6.45) is 0. The van der Waals surface area contributed by atoms with E-state index in [1.165, 1.54) is 0 Å². The molecule has 0 amide bonds. The van der Waals surface area contributed by atoms with E-state index >= 15 is 0 Å². The van der Waals surface area contributed by atoms with E-state index < -0.39 is 0 Å². The molecule has 13 rings (SSSR count). The molecular formula is C62H38N4O2. The molecule has 0 aliphatic heterocycles. The zero-order valence-electron chi connectivity index (χ0n) is 36.5. The Bertz CT molecular complexity index is 4010. The second-order valence-corrected chi connectivity index (χ2v) is 17.0. The third kappa shape index (κ3) is 7.00. The second-order valence-electron chi connectivity index (χ2n) is 17.0. The van der Waals surface area contributed by atoms with E-state index in [9.17, 15) is 0 Å². The Morgan fingerprint density at radius 2 is 0.574 bits per heavy atom. The first-order valence-corrected chi connectivity index (χ1v) is 22.7. The van der Waals surface area contributed by atoms with Crippen LogP contribution in [0.1, 0.15) is 0 Å². The van der Waals surface area contributed by atoms with Gasteiger partial charge in [-0.3, -0.25) is 0 Å². The van der Waals surface area contributed by atoms with E-state index in [2.05, 4.69) is 182 Å². The third-order valence-electron chi connectivity index (χ3n) is 12.7. The normalized spacial score (nSPS) is 11.5. The highest BCUT2D eigenvalue weighted by atomic mass is 16.3. The molecule has 68 heavy (non-hydrogen) atoms. The SMILES string of the molecule is c1ccc(-c2ccc(-c3nc(-c4cccc(-c5cccc(-c6cccc(-c7nc(-c8ccc(-c9ccccc9)cc8)c8oc9ccccc9c8n7)c6)c5)c4)c4oc5ccccc5c4n3)cc2)cc1. The largest absolute Gasteiger partial charge is 0.452 e. The van der Waals surface area contributed by atoms with Crippen LogP contribution in [0.3, 0.4) is 0 Å². The van der Waals surface area contributed by atoms with Crippen LogP contribution in [0.4, 0.5) is 0 Å². The van der Waals surface area contributed by atoms with Crippen molar-refractivity contribution < 1.29 is 8.83 Å². The van der Waals surface area contributed by atoms with Crippen molar-refractivity contribution in [2.45, 2.75) is 0 Å². The van der Waals surface area contributed by atoms with Crippen molar-refractivity contribution in [3.8, 4) is 89.8 Å². The number of nitrogens with zero attached hydrogens (tertiary/aromatic N) is 4. The van der Waals surface area contributed by atoms with Crippen LogP contribution >= 0.6 is 0 Å². The average molecular weight is 871 g/mol. The Morgan fingerprint density at radius 1 is 0.235 bits per heavy atom. The summed E-state index contributed by atoms with van der Waals surface area (Å²) in [5.74, 6) is 1.27. The van der Waals surface area contributed by atoms with Crippen molar-refractivity contribution in [2.75, 3.05) is 0 Å².